The normalized spacial score (nSPS) is 19.5. The largest absolute Gasteiger partial charge is 0.495 e. The maximum absolute atomic E-state index is 12.9. The highest BCUT2D eigenvalue weighted by molar-refractivity contribution is 8.26. The Bertz CT molecular complexity index is 1290. The molecule has 3 aliphatic heterocycles. The topological polar surface area (TPSA) is 95.5 Å². The molecule has 1 amide bonds. The van der Waals surface area contributed by atoms with Gasteiger partial charge in [-0.2, -0.15) is 10.0 Å². The molecule has 34 heavy (non-hydrogen) atoms. The minimum Gasteiger partial charge on any atom is -0.495 e. The summed E-state index contributed by atoms with van der Waals surface area (Å²) in [6.07, 6.45) is 1.71. The number of hydrazone groups is 1. The Labute approximate surface area is 206 Å². The predicted molar refractivity (Wildman–Crippen MR) is 134 cm³/mol. The Hall–Kier alpha value is -3.08. The molecule has 3 aliphatic rings. The number of nitrogens with one attached hydrogen (secondary N) is 1. The van der Waals surface area contributed by atoms with Crippen molar-refractivity contribution in [1.82, 2.24) is 14.5 Å². The Morgan fingerprint density at radius 3 is 2.68 bits per heavy atom. The highest BCUT2D eigenvalue weighted by Gasteiger charge is 2.37. The van der Waals surface area contributed by atoms with Crippen molar-refractivity contribution in [2.75, 3.05) is 33.4 Å². The molecule has 0 aliphatic carbocycles. The van der Waals surface area contributed by atoms with Gasteiger partial charge in [0.05, 0.1) is 30.9 Å². The first-order valence-electron chi connectivity index (χ1n) is 10.7. The van der Waals surface area contributed by atoms with Crippen LogP contribution in [0.5, 0.6) is 5.75 Å². The first kappa shape index (κ1) is 22.7. The molecule has 1 aromatic heterocycles. The van der Waals surface area contributed by atoms with E-state index in [1.807, 2.05) is 42.7 Å². The minimum atomic E-state index is -0.445. The van der Waals surface area contributed by atoms with Gasteiger partial charge in [0.2, 0.25) is 5.17 Å². The van der Waals surface area contributed by atoms with Crippen molar-refractivity contribution in [2.45, 2.75) is 13.8 Å². The molecule has 4 heterocycles. The van der Waals surface area contributed by atoms with E-state index in [4.69, 9.17) is 26.5 Å². The van der Waals surface area contributed by atoms with Gasteiger partial charge in [-0.25, -0.2) is 0 Å². The Morgan fingerprint density at radius 2 is 1.97 bits per heavy atom. The van der Waals surface area contributed by atoms with E-state index in [1.165, 1.54) is 16.8 Å². The van der Waals surface area contributed by atoms with Gasteiger partial charge in [-0.15, -0.1) is 5.10 Å². The third kappa shape index (κ3) is 3.91. The number of amidine groups is 3. The average Bonchev–Trinajstić information content (AvgIpc) is 3.37. The van der Waals surface area contributed by atoms with Crippen LogP contribution in [-0.4, -0.2) is 70.0 Å². The van der Waals surface area contributed by atoms with Crippen LogP contribution in [0.3, 0.4) is 0 Å². The van der Waals surface area contributed by atoms with Crippen LogP contribution in [0.2, 0.25) is 5.02 Å². The van der Waals surface area contributed by atoms with Crippen molar-refractivity contribution in [1.29, 1.82) is 5.41 Å². The van der Waals surface area contributed by atoms with Crippen molar-refractivity contribution < 1.29 is 14.3 Å². The predicted octanol–water partition coefficient (Wildman–Crippen LogP) is 3.67. The van der Waals surface area contributed by atoms with E-state index in [1.54, 1.807) is 13.2 Å². The van der Waals surface area contributed by atoms with Gasteiger partial charge in [-0.1, -0.05) is 11.6 Å². The maximum atomic E-state index is 12.9. The van der Waals surface area contributed by atoms with Gasteiger partial charge in [0, 0.05) is 30.2 Å². The number of nitrogens with zero attached hydrogens (tertiary/aromatic N) is 5. The van der Waals surface area contributed by atoms with Crippen molar-refractivity contribution in [3.8, 4) is 11.4 Å². The molecular formula is C23H23ClN6O3S. The summed E-state index contributed by atoms with van der Waals surface area (Å²) in [4.78, 5) is 19.2. The zero-order valence-corrected chi connectivity index (χ0v) is 20.5. The number of aryl methyl sites for hydroxylation is 1. The van der Waals surface area contributed by atoms with Crippen LogP contribution in [0.25, 0.3) is 11.8 Å². The number of methoxy groups -OCH3 is 1. The first-order chi connectivity index (χ1) is 16.4. The third-order valence-electron chi connectivity index (χ3n) is 5.89. The molecule has 2 aromatic rings. The van der Waals surface area contributed by atoms with Crippen LogP contribution < -0.4 is 4.74 Å². The summed E-state index contributed by atoms with van der Waals surface area (Å²) in [6, 6.07) is 7.56. The molecule has 1 fully saturated rings. The number of carbonyl (C=O) groups excluding carboxylic acids is 1. The van der Waals surface area contributed by atoms with Gasteiger partial charge in [0.15, 0.2) is 11.0 Å². The number of morpholine rings is 1. The SMILES string of the molecule is COc1ccc(-n2c(C)cc(/C=C3\C(=N)N4N=C(N5CCOCC5)SC4=NC3=O)c2C)cc1Cl. The summed E-state index contributed by atoms with van der Waals surface area (Å²) < 4.78 is 12.7. The minimum absolute atomic E-state index is 0.0167. The summed E-state index contributed by atoms with van der Waals surface area (Å²) in [5.41, 5.74) is 3.78. The molecule has 9 nitrogen and oxygen atoms in total. The van der Waals surface area contributed by atoms with Crippen molar-refractivity contribution in [3.05, 3.63) is 51.8 Å². The van der Waals surface area contributed by atoms with E-state index in [0.29, 0.717) is 29.2 Å². The fraction of sp³-hybridized carbons (Fsp3) is 0.304. The molecule has 0 saturated carbocycles. The van der Waals surface area contributed by atoms with Crippen molar-refractivity contribution >= 4 is 51.5 Å². The van der Waals surface area contributed by atoms with E-state index in [-0.39, 0.29) is 11.4 Å². The van der Waals surface area contributed by atoms with Crippen LogP contribution in [0.1, 0.15) is 17.0 Å². The number of thioether (sulfide) groups is 1. The average molecular weight is 499 g/mol. The van der Waals surface area contributed by atoms with Crippen LogP contribution in [0.4, 0.5) is 0 Å². The molecule has 176 valence electrons. The fourth-order valence-electron chi connectivity index (χ4n) is 4.15. The van der Waals surface area contributed by atoms with Crippen molar-refractivity contribution in [3.63, 3.8) is 0 Å². The van der Waals surface area contributed by atoms with E-state index < -0.39 is 5.91 Å². The number of benzene rings is 1. The lowest BCUT2D eigenvalue weighted by Gasteiger charge is -2.26. The van der Waals surface area contributed by atoms with E-state index >= 15 is 0 Å². The summed E-state index contributed by atoms with van der Waals surface area (Å²) in [7, 11) is 1.58. The Balaban J connectivity index is 1.47. The van der Waals surface area contributed by atoms with Crippen LogP contribution >= 0.6 is 23.4 Å². The monoisotopic (exact) mass is 498 g/mol. The molecule has 1 aromatic carbocycles. The second kappa shape index (κ2) is 8.94. The van der Waals surface area contributed by atoms with Gasteiger partial charge in [0.25, 0.3) is 5.91 Å². The number of aliphatic imine (C=N–C) groups is 1. The molecule has 11 heteroatoms. The second-order valence-electron chi connectivity index (χ2n) is 7.98. The van der Waals surface area contributed by atoms with E-state index in [2.05, 4.69) is 15.0 Å². The summed E-state index contributed by atoms with van der Waals surface area (Å²) in [6.45, 7) is 6.64. The lowest BCUT2D eigenvalue weighted by atomic mass is 10.1. The lowest BCUT2D eigenvalue weighted by molar-refractivity contribution is -0.114. The number of halogens is 1. The van der Waals surface area contributed by atoms with Gasteiger partial charge < -0.3 is 18.9 Å². The molecule has 1 saturated heterocycles. The van der Waals surface area contributed by atoms with Crippen LogP contribution in [-0.2, 0) is 9.53 Å². The zero-order valence-electron chi connectivity index (χ0n) is 19.0. The zero-order chi connectivity index (χ0) is 24.0. The number of amides is 1. The van der Waals surface area contributed by atoms with Crippen LogP contribution in [0.15, 0.2) is 39.9 Å². The molecule has 5 rings (SSSR count). The number of carbonyl (C=O) groups is 1. The molecule has 0 atom stereocenters. The van der Waals surface area contributed by atoms with Gasteiger partial charge in [0.1, 0.15) is 5.75 Å². The Morgan fingerprint density at radius 1 is 1.21 bits per heavy atom. The molecule has 0 unspecified atom stereocenters. The molecule has 1 N–H and O–H groups in total. The van der Waals surface area contributed by atoms with E-state index in [9.17, 15) is 4.79 Å². The second-order valence-corrected chi connectivity index (χ2v) is 9.32. The highest BCUT2D eigenvalue weighted by Crippen LogP contribution is 2.32. The summed E-state index contributed by atoms with van der Waals surface area (Å²) >= 11 is 7.64. The first-order valence-corrected chi connectivity index (χ1v) is 11.9. The number of ether oxygens (including phenoxy) is 2. The molecule has 0 bridgehead atoms. The van der Waals surface area contributed by atoms with Gasteiger partial charge >= 0.3 is 0 Å². The van der Waals surface area contributed by atoms with Gasteiger partial charge in [-0.3, -0.25) is 10.2 Å². The Kier molecular flexibility index (Phi) is 5.97. The number of hydrogen-bond acceptors (Lipinski definition) is 7. The quantitative estimate of drug-likeness (QED) is 0.649. The standard InChI is InChI=1S/C23H23ClN6O3S/c1-13-10-15(14(2)29(13)16-4-5-19(32-3)18(24)12-16)11-17-20(25)30-22(26-21(17)31)34-23(27-30)28-6-8-33-9-7-28/h4-5,10-12,25H,6-9H2,1-3H3/b17-11+,25-20?. The smallest absolute Gasteiger partial charge is 0.283 e. The molecule has 0 spiro atoms. The molecule has 0 radical (unpaired) electrons. The number of fused-ring (bicyclic) bond motifs is 1. The van der Waals surface area contributed by atoms with E-state index in [0.717, 1.165) is 40.9 Å². The highest BCUT2D eigenvalue weighted by atomic mass is 35.5. The number of hydrogen-bond donors (Lipinski definition) is 1. The maximum Gasteiger partial charge on any atom is 0.283 e. The summed E-state index contributed by atoms with van der Waals surface area (Å²) in [5.74, 6) is 0.174. The fourth-order valence-corrected chi connectivity index (χ4v) is 5.34. The number of rotatable bonds is 3. The van der Waals surface area contributed by atoms with Crippen LogP contribution in [0, 0.1) is 19.3 Å². The molecular weight excluding hydrogens is 476 g/mol. The summed E-state index contributed by atoms with van der Waals surface area (Å²) in [5, 5.41) is 16.3. The number of aromatic nitrogens is 1. The van der Waals surface area contributed by atoms with Crippen molar-refractivity contribution in [2.24, 2.45) is 10.1 Å². The third-order valence-corrected chi connectivity index (χ3v) is 7.15. The lowest BCUT2D eigenvalue weighted by Crippen LogP contribution is -2.39. The van der Waals surface area contributed by atoms with Gasteiger partial charge in [-0.05, 0) is 61.5 Å².